The average molecular weight is 412 g/mol. The molecule has 0 bridgehead atoms. The Morgan fingerprint density at radius 2 is 1.66 bits per heavy atom. The molecule has 0 spiro atoms. The van der Waals surface area contributed by atoms with Crippen molar-refractivity contribution >= 4 is 33.0 Å². The normalized spacial score (nSPS) is 11.1. The highest BCUT2D eigenvalue weighted by Crippen LogP contribution is 2.25. The van der Waals surface area contributed by atoms with Gasteiger partial charge >= 0.3 is 0 Å². The number of carbonyl (C=O) groups excluding carboxylic acids is 2. The van der Waals surface area contributed by atoms with Crippen molar-refractivity contribution in [2.45, 2.75) is 24.5 Å². The summed E-state index contributed by atoms with van der Waals surface area (Å²) in [5, 5.41) is 5.33. The van der Waals surface area contributed by atoms with Crippen LogP contribution in [0.15, 0.2) is 70.0 Å². The molecule has 2 aromatic carbocycles. The fraction of sp³-hybridized carbons (Fsp3) is 0.143. The Balaban J connectivity index is 1.77. The van der Waals surface area contributed by atoms with Gasteiger partial charge in [0.2, 0.25) is 5.91 Å². The van der Waals surface area contributed by atoms with Crippen LogP contribution in [0.25, 0.3) is 0 Å². The van der Waals surface area contributed by atoms with Crippen molar-refractivity contribution in [2.75, 3.05) is 10.6 Å². The van der Waals surface area contributed by atoms with Crippen molar-refractivity contribution in [1.29, 1.82) is 0 Å². The molecule has 0 atom stereocenters. The lowest BCUT2D eigenvalue weighted by Crippen LogP contribution is -2.14. The topological polar surface area (TPSA) is 105 Å². The molecule has 0 radical (unpaired) electrons. The zero-order chi connectivity index (χ0) is 21.0. The Morgan fingerprint density at radius 1 is 0.931 bits per heavy atom. The van der Waals surface area contributed by atoms with E-state index >= 15 is 0 Å². The van der Waals surface area contributed by atoms with E-state index in [1.54, 1.807) is 36.4 Å². The minimum absolute atomic E-state index is 0.0291. The van der Waals surface area contributed by atoms with Crippen molar-refractivity contribution in [3.8, 4) is 0 Å². The number of hydrogen-bond donors (Lipinski definition) is 2. The highest BCUT2D eigenvalue weighted by atomic mass is 32.2. The summed E-state index contributed by atoms with van der Waals surface area (Å²) in [6.45, 7) is 3.23. The van der Waals surface area contributed by atoms with E-state index in [1.165, 1.54) is 31.2 Å². The van der Waals surface area contributed by atoms with Gasteiger partial charge in [0.05, 0.1) is 16.3 Å². The van der Waals surface area contributed by atoms with E-state index in [-0.39, 0.29) is 28.1 Å². The van der Waals surface area contributed by atoms with Gasteiger partial charge in [-0.05, 0) is 48.9 Å². The molecule has 3 rings (SSSR count). The van der Waals surface area contributed by atoms with Crippen molar-refractivity contribution in [3.63, 3.8) is 0 Å². The van der Waals surface area contributed by atoms with Gasteiger partial charge in [0.1, 0.15) is 11.5 Å². The molecule has 2 amide bonds. The molecular weight excluding hydrogens is 392 g/mol. The third-order valence-electron chi connectivity index (χ3n) is 4.05. The molecule has 0 aliphatic rings. The zero-order valence-electron chi connectivity index (χ0n) is 15.9. The standard InChI is InChI=1S/C21H20N2O5S/c1-14-8-10-18(22-15(2)24)19(12-14)23-21(25)20-11-9-16(28-20)13-29(26,27)17-6-4-3-5-7-17/h3-12H,13H2,1-2H3,(H,22,24)(H,23,25). The van der Waals surface area contributed by atoms with Crippen LogP contribution in [-0.4, -0.2) is 20.2 Å². The van der Waals surface area contributed by atoms with Crippen molar-refractivity contribution in [2.24, 2.45) is 0 Å². The molecule has 8 heteroatoms. The molecule has 7 nitrogen and oxygen atoms in total. The summed E-state index contributed by atoms with van der Waals surface area (Å²) in [6.07, 6.45) is 0. The van der Waals surface area contributed by atoms with Gasteiger partial charge in [0.25, 0.3) is 5.91 Å². The molecule has 1 heterocycles. The van der Waals surface area contributed by atoms with E-state index in [0.717, 1.165) is 5.56 Å². The molecule has 0 fully saturated rings. The first-order valence-corrected chi connectivity index (χ1v) is 10.5. The van der Waals surface area contributed by atoms with E-state index in [2.05, 4.69) is 10.6 Å². The number of anilines is 2. The van der Waals surface area contributed by atoms with Crippen molar-refractivity contribution < 1.29 is 22.4 Å². The van der Waals surface area contributed by atoms with Gasteiger partial charge in [-0.25, -0.2) is 8.42 Å². The molecule has 0 unspecified atom stereocenters. The number of rotatable bonds is 6. The Labute approximate surface area is 168 Å². The van der Waals surface area contributed by atoms with Crippen LogP contribution in [0.5, 0.6) is 0 Å². The summed E-state index contributed by atoms with van der Waals surface area (Å²) < 4.78 is 30.4. The van der Waals surface area contributed by atoms with Crippen LogP contribution in [0.4, 0.5) is 11.4 Å². The Morgan fingerprint density at radius 3 is 2.34 bits per heavy atom. The van der Waals surface area contributed by atoms with Gasteiger partial charge in [-0.1, -0.05) is 24.3 Å². The molecule has 2 N–H and O–H groups in total. The third-order valence-corrected chi connectivity index (χ3v) is 5.71. The van der Waals surface area contributed by atoms with Crippen molar-refractivity contribution in [3.05, 3.63) is 77.7 Å². The first-order chi connectivity index (χ1) is 13.7. The van der Waals surface area contributed by atoms with Gasteiger partial charge in [-0.2, -0.15) is 0 Å². The molecule has 0 saturated carbocycles. The maximum absolute atomic E-state index is 12.5. The molecule has 3 aromatic rings. The zero-order valence-corrected chi connectivity index (χ0v) is 16.7. The highest BCUT2D eigenvalue weighted by molar-refractivity contribution is 7.90. The summed E-state index contributed by atoms with van der Waals surface area (Å²) in [5.41, 5.74) is 1.76. The Hall–Kier alpha value is -3.39. The maximum Gasteiger partial charge on any atom is 0.291 e. The molecular formula is C21H20N2O5S. The minimum atomic E-state index is -3.58. The van der Waals surface area contributed by atoms with E-state index in [4.69, 9.17) is 4.42 Å². The van der Waals surface area contributed by atoms with Crippen LogP contribution >= 0.6 is 0 Å². The lowest BCUT2D eigenvalue weighted by Gasteiger charge is -2.11. The van der Waals surface area contributed by atoms with Crippen LogP contribution in [0.2, 0.25) is 0 Å². The van der Waals surface area contributed by atoms with Crippen molar-refractivity contribution in [1.82, 2.24) is 0 Å². The van der Waals surface area contributed by atoms with Gasteiger partial charge in [0.15, 0.2) is 15.6 Å². The lowest BCUT2D eigenvalue weighted by atomic mass is 10.2. The quantitative estimate of drug-likeness (QED) is 0.641. The number of carbonyl (C=O) groups is 2. The SMILES string of the molecule is CC(=O)Nc1ccc(C)cc1NC(=O)c1ccc(CS(=O)(=O)c2ccccc2)o1. The minimum Gasteiger partial charge on any atom is -0.455 e. The Kier molecular flexibility index (Phi) is 5.84. The Bertz CT molecular complexity index is 1150. The average Bonchev–Trinajstić information content (AvgIpc) is 3.12. The summed E-state index contributed by atoms with van der Waals surface area (Å²) in [7, 11) is -3.58. The van der Waals surface area contributed by atoms with E-state index < -0.39 is 15.7 Å². The fourth-order valence-corrected chi connectivity index (χ4v) is 3.99. The second kappa shape index (κ2) is 8.32. The van der Waals surface area contributed by atoms with E-state index in [9.17, 15) is 18.0 Å². The molecule has 29 heavy (non-hydrogen) atoms. The number of amides is 2. The number of benzene rings is 2. The number of aryl methyl sites for hydroxylation is 1. The number of hydrogen-bond acceptors (Lipinski definition) is 5. The number of sulfone groups is 1. The fourth-order valence-electron chi connectivity index (χ4n) is 2.72. The summed E-state index contributed by atoms with van der Waals surface area (Å²) in [4.78, 5) is 24.1. The van der Waals surface area contributed by atoms with Crippen LogP contribution in [0.1, 0.15) is 28.8 Å². The first-order valence-electron chi connectivity index (χ1n) is 8.81. The molecule has 0 aliphatic heterocycles. The summed E-state index contributed by atoms with van der Waals surface area (Å²) >= 11 is 0. The van der Waals surface area contributed by atoms with Crippen LogP contribution in [-0.2, 0) is 20.4 Å². The monoisotopic (exact) mass is 412 g/mol. The molecule has 150 valence electrons. The highest BCUT2D eigenvalue weighted by Gasteiger charge is 2.20. The molecule has 0 aliphatic carbocycles. The van der Waals surface area contributed by atoms with Crippen LogP contribution in [0, 0.1) is 6.92 Å². The summed E-state index contributed by atoms with van der Waals surface area (Å²) in [5.74, 6) is -1.04. The second-order valence-corrected chi connectivity index (χ2v) is 8.51. The predicted molar refractivity (Wildman–Crippen MR) is 109 cm³/mol. The van der Waals surface area contributed by atoms with E-state index in [0.29, 0.717) is 11.4 Å². The van der Waals surface area contributed by atoms with Crippen LogP contribution in [0.3, 0.4) is 0 Å². The van der Waals surface area contributed by atoms with Gasteiger partial charge in [-0.15, -0.1) is 0 Å². The lowest BCUT2D eigenvalue weighted by molar-refractivity contribution is -0.114. The maximum atomic E-state index is 12.5. The van der Waals surface area contributed by atoms with Gasteiger partial charge in [-0.3, -0.25) is 9.59 Å². The smallest absolute Gasteiger partial charge is 0.291 e. The molecule has 0 saturated heterocycles. The largest absolute Gasteiger partial charge is 0.455 e. The number of nitrogens with one attached hydrogen (secondary N) is 2. The van der Waals surface area contributed by atoms with Crippen LogP contribution < -0.4 is 10.6 Å². The second-order valence-electron chi connectivity index (χ2n) is 6.52. The predicted octanol–water partition coefficient (Wildman–Crippen LogP) is 3.77. The first kappa shape index (κ1) is 20.3. The molecule has 1 aromatic heterocycles. The van der Waals surface area contributed by atoms with Gasteiger partial charge < -0.3 is 15.1 Å². The third kappa shape index (κ3) is 5.11. The summed E-state index contributed by atoms with van der Waals surface area (Å²) in [6, 6.07) is 16.1. The van der Waals surface area contributed by atoms with E-state index in [1.807, 2.05) is 6.92 Å². The van der Waals surface area contributed by atoms with Gasteiger partial charge in [0, 0.05) is 6.92 Å². The number of furan rings is 1.